The molecule has 2 aliphatic rings. The van der Waals surface area contributed by atoms with E-state index >= 15 is 0 Å². The summed E-state index contributed by atoms with van der Waals surface area (Å²) in [6.45, 7) is 7.21. The molecule has 1 aromatic heterocycles. The fourth-order valence-corrected chi connectivity index (χ4v) is 6.33. The van der Waals surface area contributed by atoms with Gasteiger partial charge < -0.3 is 9.47 Å². The molecule has 2 fully saturated rings. The lowest BCUT2D eigenvalue weighted by Gasteiger charge is -2.43. The van der Waals surface area contributed by atoms with Crippen LogP contribution < -0.4 is 4.90 Å². The summed E-state index contributed by atoms with van der Waals surface area (Å²) in [5.41, 5.74) is 6.96. The number of anilines is 1. The van der Waals surface area contributed by atoms with Gasteiger partial charge in [-0.05, 0) is 81.8 Å². The summed E-state index contributed by atoms with van der Waals surface area (Å²) in [5, 5.41) is 2.71. The first kappa shape index (κ1) is 17.1. The van der Waals surface area contributed by atoms with Gasteiger partial charge in [-0.1, -0.05) is 36.4 Å². The minimum Gasteiger partial charge on any atom is -0.363 e. The molecule has 2 nitrogen and oxygen atoms in total. The van der Waals surface area contributed by atoms with E-state index in [-0.39, 0.29) is 0 Å². The summed E-state index contributed by atoms with van der Waals surface area (Å²) in [4.78, 5) is 2.75. The summed E-state index contributed by atoms with van der Waals surface area (Å²) >= 11 is 0. The van der Waals surface area contributed by atoms with Crippen molar-refractivity contribution in [3.8, 4) is 5.69 Å². The topological polar surface area (TPSA) is 8.17 Å². The molecular formula is C27H28N2. The molecule has 29 heavy (non-hydrogen) atoms. The Labute approximate surface area is 172 Å². The molecular weight excluding hydrogens is 352 g/mol. The Balaban J connectivity index is 1.64. The predicted molar refractivity (Wildman–Crippen MR) is 123 cm³/mol. The molecule has 4 aromatic rings. The SMILES string of the molecule is Cc1cc2c(cc1N1[C@@H](C)C3CCC1(C)C3)c1ccccc1n2-c1ccccc1. The molecule has 3 aromatic carbocycles. The van der Waals surface area contributed by atoms with E-state index in [0.29, 0.717) is 11.6 Å². The van der Waals surface area contributed by atoms with Gasteiger partial charge in [0.05, 0.1) is 11.0 Å². The van der Waals surface area contributed by atoms with Crippen molar-refractivity contribution < 1.29 is 0 Å². The van der Waals surface area contributed by atoms with Gasteiger partial charge >= 0.3 is 0 Å². The Morgan fingerprint density at radius 1 is 0.897 bits per heavy atom. The van der Waals surface area contributed by atoms with Gasteiger partial charge in [0.25, 0.3) is 0 Å². The largest absolute Gasteiger partial charge is 0.363 e. The molecule has 1 aliphatic heterocycles. The van der Waals surface area contributed by atoms with Gasteiger partial charge in [0.15, 0.2) is 0 Å². The fourth-order valence-electron chi connectivity index (χ4n) is 6.33. The zero-order chi connectivity index (χ0) is 19.8. The number of piperidine rings is 1. The van der Waals surface area contributed by atoms with Gasteiger partial charge in [-0.3, -0.25) is 0 Å². The van der Waals surface area contributed by atoms with E-state index in [0.717, 1.165) is 5.92 Å². The van der Waals surface area contributed by atoms with Crippen LogP contribution in [0.1, 0.15) is 38.7 Å². The second kappa shape index (κ2) is 5.89. The third-order valence-corrected chi connectivity index (χ3v) is 7.69. The second-order valence-electron chi connectivity index (χ2n) is 9.45. The van der Waals surface area contributed by atoms with Gasteiger partial charge in [-0.2, -0.15) is 0 Å². The Morgan fingerprint density at radius 2 is 1.66 bits per heavy atom. The Morgan fingerprint density at radius 3 is 2.41 bits per heavy atom. The molecule has 1 saturated heterocycles. The lowest BCUT2D eigenvalue weighted by molar-refractivity contribution is 0.402. The van der Waals surface area contributed by atoms with Crippen LogP contribution in [-0.2, 0) is 0 Å². The fraction of sp³-hybridized carbons (Fsp3) is 0.333. The van der Waals surface area contributed by atoms with Crippen LogP contribution in [0.25, 0.3) is 27.5 Å². The highest BCUT2D eigenvalue weighted by Gasteiger charge is 2.51. The molecule has 3 atom stereocenters. The number of fused-ring (bicyclic) bond motifs is 5. The minimum absolute atomic E-state index is 0.320. The van der Waals surface area contributed by atoms with Crippen LogP contribution in [0.4, 0.5) is 5.69 Å². The molecule has 6 rings (SSSR count). The van der Waals surface area contributed by atoms with E-state index in [1.807, 2.05) is 0 Å². The van der Waals surface area contributed by atoms with Crippen LogP contribution >= 0.6 is 0 Å². The minimum atomic E-state index is 0.320. The highest BCUT2D eigenvalue weighted by atomic mass is 15.3. The van der Waals surface area contributed by atoms with E-state index in [9.17, 15) is 0 Å². The van der Waals surface area contributed by atoms with Crippen molar-refractivity contribution in [1.82, 2.24) is 4.57 Å². The van der Waals surface area contributed by atoms with E-state index in [4.69, 9.17) is 0 Å². The monoisotopic (exact) mass is 380 g/mol. The number of aromatic nitrogens is 1. The standard InChI is InChI=1S/C27H28N2/c1-18-15-26-23(16-25(18)29-19(2)20-13-14-27(29,3)17-20)22-11-7-8-12-24(22)28(26)21-9-5-4-6-10-21/h4-12,15-16,19-20H,13-14,17H2,1-3H3/t19-,20?,27?/m0/s1. The lowest BCUT2D eigenvalue weighted by atomic mass is 9.94. The quantitative estimate of drug-likeness (QED) is 0.369. The van der Waals surface area contributed by atoms with Gasteiger partial charge in [-0.15, -0.1) is 0 Å². The molecule has 2 heteroatoms. The van der Waals surface area contributed by atoms with Crippen LogP contribution in [0.2, 0.25) is 0 Å². The number of benzene rings is 3. The van der Waals surface area contributed by atoms with Crippen molar-refractivity contribution in [2.45, 2.75) is 51.6 Å². The molecule has 2 bridgehead atoms. The number of nitrogens with zero attached hydrogens (tertiary/aromatic N) is 2. The number of hydrogen-bond donors (Lipinski definition) is 0. The van der Waals surface area contributed by atoms with E-state index in [2.05, 4.69) is 97.0 Å². The van der Waals surface area contributed by atoms with Gasteiger partial charge in [0, 0.05) is 33.7 Å². The molecule has 0 spiro atoms. The zero-order valence-corrected chi connectivity index (χ0v) is 17.5. The van der Waals surface area contributed by atoms with Crippen molar-refractivity contribution in [2.24, 2.45) is 5.92 Å². The van der Waals surface area contributed by atoms with Crippen molar-refractivity contribution in [3.63, 3.8) is 0 Å². The summed E-state index contributed by atoms with van der Waals surface area (Å²) < 4.78 is 2.42. The first-order valence-corrected chi connectivity index (χ1v) is 11.0. The van der Waals surface area contributed by atoms with Gasteiger partial charge in [0.2, 0.25) is 0 Å². The molecule has 0 radical (unpaired) electrons. The number of rotatable bonds is 2. The number of para-hydroxylation sites is 2. The Bertz CT molecular complexity index is 1240. The van der Waals surface area contributed by atoms with E-state index < -0.39 is 0 Å². The van der Waals surface area contributed by atoms with Crippen molar-refractivity contribution >= 4 is 27.5 Å². The first-order valence-electron chi connectivity index (χ1n) is 11.0. The maximum absolute atomic E-state index is 2.75. The summed E-state index contributed by atoms with van der Waals surface area (Å²) in [7, 11) is 0. The van der Waals surface area contributed by atoms with Gasteiger partial charge in [-0.25, -0.2) is 0 Å². The maximum Gasteiger partial charge on any atom is 0.0545 e. The van der Waals surface area contributed by atoms with Crippen LogP contribution in [0.15, 0.2) is 66.7 Å². The third-order valence-electron chi connectivity index (χ3n) is 7.69. The molecule has 146 valence electrons. The van der Waals surface area contributed by atoms with E-state index in [1.54, 1.807) is 0 Å². The molecule has 1 aliphatic carbocycles. The van der Waals surface area contributed by atoms with Gasteiger partial charge in [0.1, 0.15) is 0 Å². The van der Waals surface area contributed by atoms with Crippen molar-refractivity contribution in [1.29, 1.82) is 0 Å². The van der Waals surface area contributed by atoms with Crippen LogP contribution in [-0.4, -0.2) is 16.1 Å². The molecule has 2 heterocycles. The third kappa shape index (κ3) is 2.29. The highest BCUT2D eigenvalue weighted by molar-refractivity contribution is 6.10. The van der Waals surface area contributed by atoms with E-state index in [1.165, 1.54) is 58.0 Å². The smallest absolute Gasteiger partial charge is 0.0545 e. The molecule has 0 N–H and O–H groups in total. The van der Waals surface area contributed by atoms with Crippen LogP contribution in [0, 0.1) is 12.8 Å². The number of aryl methyl sites for hydroxylation is 1. The number of hydrogen-bond acceptors (Lipinski definition) is 1. The molecule has 0 amide bonds. The predicted octanol–water partition coefficient (Wildman–Crippen LogP) is 6.86. The highest BCUT2D eigenvalue weighted by Crippen LogP contribution is 2.53. The average Bonchev–Trinajstić information content (AvgIpc) is 3.34. The molecule has 1 saturated carbocycles. The average molecular weight is 381 g/mol. The zero-order valence-electron chi connectivity index (χ0n) is 17.5. The van der Waals surface area contributed by atoms with Crippen LogP contribution in [0.3, 0.4) is 0 Å². The molecule has 2 unspecified atom stereocenters. The Hall–Kier alpha value is -2.74. The summed E-state index contributed by atoms with van der Waals surface area (Å²) in [5.74, 6) is 0.848. The Kier molecular flexibility index (Phi) is 3.48. The van der Waals surface area contributed by atoms with Crippen LogP contribution in [0.5, 0.6) is 0 Å². The second-order valence-corrected chi connectivity index (χ2v) is 9.45. The lowest BCUT2D eigenvalue weighted by Crippen LogP contribution is -2.47. The summed E-state index contributed by atoms with van der Waals surface area (Å²) in [6, 6.07) is 25.1. The maximum atomic E-state index is 2.75. The summed E-state index contributed by atoms with van der Waals surface area (Å²) in [6.07, 6.45) is 4.06. The van der Waals surface area contributed by atoms with Crippen molar-refractivity contribution in [2.75, 3.05) is 4.90 Å². The van der Waals surface area contributed by atoms with Crippen molar-refractivity contribution in [3.05, 3.63) is 72.3 Å². The normalized spacial score (nSPS) is 26.1. The first-order chi connectivity index (χ1) is 14.1.